The largest absolute Gasteiger partial charge is 0.454 e. The normalized spacial score (nSPS) is 12.0. The summed E-state index contributed by atoms with van der Waals surface area (Å²) in [5.41, 5.74) is 3.04. The minimum atomic E-state index is 0.227. The number of benzene rings is 3. The lowest BCUT2D eigenvalue weighted by atomic mass is 10.1. The molecule has 30 heavy (non-hydrogen) atoms. The molecule has 0 unspecified atom stereocenters. The summed E-state index contributed by atoms with van der Waals surface area (Å²) in [6.07, 6.45) is 0. The lowest BCUT2D eigenvalue weighted by Crippen LogP contribution is -1.96. The van der Waals surface area contributed by atoms with Gasteiger partial charge in [-0.3, -0.25) is 0 Å². The molecular formula is C24H18N2O3S. The smallest absolute Gasteiger partial charge is 0.231 e. The Bertz CT molecular complexity index is 1150. The SMILES string of the molecule is c1ccc(CSc2nc(Oc3ccc4c(c3)OCO4)cc(-c3ccccc3)n2)cc1. The minimum Gasteiger partial charge on any atom is -0.454 e. The summed E-state index contributed by atoms with van der Waals surface area (Å²) < 4.78 is 16.9. The fourth-order valence-corrected chi connectivity index (χ4v) is 3.87. The average Bonchev–Trinajstić information content (AvgIpc) is 3.27. The molecule has 1 aliphatic rings. The molecule has 1 aliphatic heterocycles. The number of ether oxygens (including phenoxy) is 3. The molecule has 0 amide bonds. The third-order valence-electron chi connectivity index (χ3n) is 4.53. The first-order valence-corrected chi connectivity index (χ1v) is 10.5. The van der Waals surface area contributed by atoms with Crippen LogP contribution in [0.4, 0.5) is 0 Å². The number of hydrogen-bond donors (Lipinski definition) is 0. The summed E-state index contributed by atoms with van der Waals surface area (Å²) in [5.74, 6) is 3.29. The molecule has 0 bridgehead atoms. The van der Waals surface area contributed by atoms with Gasteiger partial charge in [0.1, 0.15) is 5.75 Å². The zero-order valence-electron chi connectivity index (χ0n) is 16.0. The third-order valence-corrected chi connectivity index (χ3v) is 5.45. The standard InChI is InChI=1S/C24H18N2O3S/c1-3-7-17(8-4-1)15-30-24-25-20(18-9-5-2-6-10-18)14-23(26-24)29-19-11-12-21-22(13-19)28-16-27-21/h1-14H,15-16H2. The zero-order chi connectivity index (χ0) is 20.2. The van der Waals surface area contributed by atoms with E-state index in [9.17, 15) is 0 Å². The van der Waals surface area contributed by atoms with Crippen LogP contribution in [0, 0.1) is 0 Å². The first kappa shape index (κ1) is 18.5. The number of rotatable bonds is 6. The van der Waals surface area contributed by atoms with E-state index in [0.717, 1.165) is 17.0 Å². The van der Waals surface area contributed by atoms with Crippen LogP contribution in [0.2, 0.25) is 0 Å². The highest BCUT2D eigenvalue weighted by Gasteiger charge is 2.15. The van der Waals surface area contributed by atoms with E-state index in [1.807, 2.05) is 72.8 Å². The maximum atomic E-state index is 6.06. The summed E-state index contributed by atoms with van der Waals surface area (Å²) in [4.78, 5) is 9.37. The Morgan fingerprint density at radius 1 is 0.800 bits per heavy atom. The molecule has 0 saturated carbocycles. The molecule has 0 atom stereocenters. The van der Waals surface area contributed by atoms with E-state index in [-0.39, 0.29) is 6.79 Å². The molecule has 3 aromatic carbocycles. The van der Waals surface area contributed by atoms with Gasteiger partial charge >= 0.3 is 0 Å². The Balaban J connectivity index is 1.44. The Labute approximate surface area is 178 Å². The Kier molecular flexibility index (Phi) is 5.23. The van der Waals surface area contributed by atoms with Crippen molar-refractivity contribution in [3.63, 3.8) is 0 Å². The van der Waals surface area contributed by atoms with Gasteiger partial charge in [-0.2, -0.15) is 4.98 Å². The van der Waals surface area contributed by atoms with E-state index >= 15 is 0 Å². The van der Waals surface area contributed by atoms with Crippen LogP contribution in [0.1, 0.15) is 5.56 Å². The summed E-state index contributed by atoms with van der Waals surface area (Å²) in [7, 11) is 0. The van der Waals surface area contributed by atoms with Crippen LogP contribution in [0.3, 0.4) is 0 Å². The van der Waals surface area contributed by atoms with E-state index in [2.05, 4.69) is 17.1 Å². The van der Waals surface area contributed by atoms with Gasteiger partial charge in [-0.15, -0.1) is 0 Å². The molecule has 2 heterocycles. The summed E-state index contributed by atoms with van der Waals surface area (Å²) in [6.45, 7) is 0.227. The predicted molar refractivity (Wildman–Crippen MR) is 116 cm³/mol. The van der Waals surface area contributed by atoms with Crippen molar-refractivity contribution < 1.29 is 14.2 Å². The molecule has 1 aromatic heterocycles. The zero-order valence-corrected chi connectivity index (χ0v) is 16.8. The monoisotopic (exact) mass is 414 g/mol. The topological polar surface area (TPSA) is 53.5 Å². The van der Waals surface area contributed by atoms with Gasteiger partial charge in [0.15, 0.2) is 16.7 Å². The van der Waals surface area contributed by atoms with Crippen molar-refractivity contribution in [2.45, 2.75) is 10.9 Å². The van der Waals surface area contributed by atoms with Gasteiger partial charge in [-0.1, -0.05) is 72.4 Å². The Morgan fingerprint density at radius 2 is 1.57 bits per heavy atom. The lowest BCUT2D eigenvalue weighted by Gasteiger charge is -2.10. The minimum absolute atomic E-state index is 0.227. The molecule has 0 spiro atoms. The van der Waals surface area contributed by atoms with Crippen molar-refractivity contribution in [1.82, 2.24) is 9.97 Å². The van der Waals surface area contributed by atoms with Crippen LogP contribution >= 0.6 is 11.8 Å². The van der Waals surface area contributed by atoms with Crippen molar-refractivity contribution in [2.24, 2.45) is 0 Å². The Morgan fingerprint density at radius 3 is 2.40 bits per heavy atom. The van der Waals surface area contributed by atoms with Crippen molar-refractivity contribution in [3.8, 4) is 34.4 Å². The highest BCUT2D eigenvalue weighted by Crippen LogP contribution is 2.37. The van der Waals surface area contributed by atoms with E-state index in [1.165, 1.54) is 5.56 Å². The maximum Gasteiger partial charge on any atom is 0.231 e. The summed E-state index contributed by atoms with van der Waals surface area (Å²) >= 11 is 1.58. The van der Waals surface area contributed by atoms with Crippen molar-refractivity contribution in [1.29, 1.82) is 0 Å². The lowest BCUT2D eigenvalue weighted by molar-refractivity contribution is 0.174. The van der Waals surface area contributed by atoms with Gasteiger partial charge in [0.25, 0.3) is 0 Å². The van der Waals surface area contributed by atoms with Crippen LogP contribution in [-0.2, 0) is 5.75 Å². The predicted octanol–water partition coefficient (Wildman–Crippen LogP) is 5.96. The van der Waals surface area contributed by atoms with E-state index in [0.29, 0.717) is 28.3 Å². The Hall–Kier alpha value is -3.51. The van der Waals surface area contributed by atoms with Gasteiger partial charge in [-0.25, -0.2) is 4.98 Å². The second-order valence-corrected chi connectivity index (χ2v) is 7.57. The molecule has 6 heteroatoms. The highest BCUT2D eigenvalue weighted by atomic mass is 32.2. The fraction of sp³-hybridized carbons (Fsp3) is 0.0833. The van der Waals surface area contributed by atoms with Crippen LogP contribution in [0.25, 0.3) is 11.3 Å². The molecule has 4 aromatic rings. The average molecular weight is 414 g/mol. The molecule has 5 nitrogen and oxygen atoms in total. The molecule has 148 valence electrons. The van der Waals surface area contributed by atoms with Crippen molar-refractivity contribution in [3.05, 3.63) is 90.5 Å². The van der Waals surface area contributed by atoms with Gasteiger partial charge < -0.3 is 14.2 Å². The van der Waals surface area contributed by atoms with Gasteiger partial charge in [0.2, 0.25) is 12.7 Å². The molecule has 0 aliphatic carbocycles. The maximum absolute atomic E-state index is 6.06. The van der Waals surface area contributed by atoms with E-state index in [1.54, 1.807) is 11.8 Å². The summed E-state index contributed by atoms with van der Waals surface area (Å²) in [5, 5.41) is 0.663. The molecule has 0 saturated heterocycles. The van der Waals surface area contributed by atoms with Gasteiger partial charge in [0, 0.05) is 23.4 Å². The molecule has 0 radical (unpaired) electrons. The number of nitrogens with zero attached hydrogens (tertiary/aromatic N) is 2. The number of fused-ring (bicyclic) bond motifs is 1. The number of thioether (sulfide) groups is 1. The second-order valence-electron chi connectivity index (χ2n) is 6.63. The number of aromatic nitrogens is 2. The van der Waals surface area contributed by atoms with Crippen LogP contribution in [0.15, 0.2) is 90.1 Å². The molecule has 0 fully saturated rings. The van der Waals surface area contributed by atoms with Gasteiger partial charge in [-0.05, 0) is 17.7 Å². The van der Waals surface area contributed by atoms with Crippen LogP contribution in [-0.4, -0.2) is 16.8 Å². The summed E-state index contributed by atoms with van der Waals surface area (Å²) in [6, 6.07) is 27.6. The first-order valence-electron chi connectivity index (χ1n) is 9.52. The molecular weight excluding hydrogens is 396 g/mol. The second kappa shape index (κ2) is 8.47. The number of hydrogen-bond acceptors (Lipinski definition) is 6. The van der Waals surface area contributed by atoms with E-state index in [4.69, 9.17) is 19.2 Å². The van der Waals surface area contributed by atoms with Crippen LogP contribution in [0.5, 0.6) is 23.1 Å². The first-order chi connectivity index (χ1) is 14.8. The van der Waals surface area contributed by atoms with Crippen molar-refractivity contribution in [2.75, 3.05) is 6.79 Å². The quantitative estimate of drug-likeness (QED) is 0.287. The van der Waals surface area contributed by atoms with E-state index < -0.39 is 0 Å². The fourth-order valence-electron chi connectivity index (χ4n) is 3.06. The van der Waals surface area contributed by atoms with Crippen LogP contribution < -0.4 is 14.2 Å². The van der Waals surface area contributed by atoms with Gasteiger partial charge in [0.05, 0.1) is 5.69 Å². The third kappa shape index (κ3) is 4.23. The molecule has 0 N–H and O–H groups in total. The molecule has 5 rings (SSSR count). The van der Waals surface area contributed by atoms with Crippen molar-refractivity contribution >= 4 is 11.8 Å². The highest BCUT2D eigenvalue weighted by molar-refractivity contribution is 7.98.